The Kier molecular flexibility index (Phi) is 3.84. The van der Waals surface area contributed by atoms with Crippen LogP contribution in [0.5, 0.6) is 0 Å². The van der Waals surface area contributed by atoms with Crippen LogP contribution in [0.15, 0.2) is 0 Å². The molecule has 2 fully saturated rings. The van der Waals surface area contributed by atoms with Gasteiger partial charge in [-0.2, -0.15) is 0 Å². The Morgan fingerprint density at radius 1 is 1.18 bits per heavy atom. The molecule has 2 heterocycles. The molecular weight excluding hydrogens is 208 g/mol. The number of rotatable bonds is 4. The molecule has 0 saturated carbocycles. The van der Waals surface area contributed by atoms with Gasteiger partial charge in [0.1, 0.15) is 0 Å². The van der Waals surface area contributed by atoms with E-state index in [0.29, 0.717) is 16.9 Å². The minimum Gasteiger partial charge on any atom is -0.312 e. The second-order valence-electron chi connectivity index (χ2n) is 6.98. The van der Waals surface area contributed by atoms with Crippen molar-refractivity contribution in [3.63, 3.8) is 0 Å². The van der Waals surface area contributed by atoms with Gasteiger partial charge in [0, 0.05) is 25.7 Å². The zero-order chi connectivity index (χ0) is 12.5. The summed E-state index contributed by atoms with van der Waals surface area (Å²) in [4.78, 5) is 2.66. The van der Waals surface area contributed by atoms with Crippen molar-refractivity contribution in [1.82, 2.24) is 10.2 Å². The summed E-state index contributed by atoms with van der Waals surface area (Å²) in [6, 6.07) is 0.697. The van der Waals surface area contributed by atoms with Gasteiger partial charge in [-0.1, -0.05) is 27.7 Å². The molecule has 17 heavy (non-hydrogen) atoms. The Morgan fingerprint density at radius 3 is 2.35 bits per heavy atom. The van der Waals surface area contributed by atoms with E-state index >= 15 is 0 Å². The lowest BCUT2D eigenvalue weighted by Gasteiger charge is -2.53. The van der Waals surface area contributed by atoms with E-state index in [1.165, 1.54) is 51.9 Å². The lowest BCUT2D eigenvalue weighted by Crippen LogP contribution is -2.61. The second kappa shape index (κ2) is 4.89. The quantitative estimate of drug-likeness (QED) is 0.810. The zero-order valence-corrected chi connectivity index (χ0v) is 12.2. The van der Waals surface area contributed by atoms with Crippen LogP contribution < -0.4 is 5.32 Å². The summed E-state index contributed by atoms with van der Waals surface area (Å²) in [5.41, 5.74) is 1.13. The molecule has 2 rings (SSSR count). The number of nitrogens with one attached hydrogen (secondary N) is 1. The van der Waals surface area contributed by atoms with E-state index in [1.807, 2.05) is 0 Å². The van der Waals surface area contributed by atoms with Crippen LogP contribution >= 0.6 is 0 Å². The van der Waals surface area contributed by atoms with E-state index in [-0.39, 0.29) is 0 Å². The maximum absolute atomic E-state index is 3.73. The smallest absolute Gasteiger partial charge is 0.0246 e. The van der Waals surface area contributed by atoms with Crippen molar-refractivity contribution in [3.8, 4) is 0 Å². The number of piperidine rings is 1. The fraction of sp³-hybridized carbons (Fsp3) is 1.00. The lowest BCUT2D eigenvalue weighted by molar-refractivity contribution is -0.0255. The maximum atomic E-state index is 3.73. The molecule has 0 aromatic rings. The van der Waals surface area contributed by atoms with Gasteiger partial charge in [0.15, 0.2) is 0 Å². The van der Waals surface area contributed by atoms with Crippen LogP contribution in [0.1, 0.15) is 53.4 Å². The van der Waals surface area contributed by atoms with E-state index in [0.717, 1.165) is 0 Å². The summed E-state index contributed by atoms with van der Waals surface area (Å²) in [6.45, 7) is 14.7. The predicted octanol–water partition coefficient (Wildman–Crippen LogP) is 2.89. The van der Waals surface area contributed by atoms with Crippen LogP contribution in [-0.4, -0.2) is 37.1 Å². The standard InChI is InChI=1S/C15H30N2/c1-5-15(6-2)11-17(12-15)10-13-14(3,4)8-7-9-16-13/h13,16H,5-12H2,1-4H3. The highest BCUT2D eigenvalue weighted by Gasteiger charge is 2.42. The van der Waals surface area contributed by atoms with Gasteiger partial charge in [-0.25, -0.2) is 0 Å². The average molecular weight is 238 g/mol. The molecule has 0 radical (unpaired) electrons. The number of likely N-dealkylation sites (tertiary alicyclic amines) is 1. The van der Waals surface area contributed by atoms with Crippen LogP contribution in [0.3, 0.4) is 0 Å². The largest absolute Gasteiger partial charge is 0.312 e. The topological polar surface area (TPSA) is 15.3 Å². The molecular formula is C15H30N2. The molecule has 1 unspecified atom stereocenters. The highest BCUT2D eigenvalue weighted by molar-refractivity contribution is 4.97. The minimum absolute atomic E-state index is 0.481. The van der Waals surface area contributed by atoms with E-state index in [9.17, 15) is 0 Å². The second-order valence-corrected chi connectivity index (χ2v) is 6.98. The van der Waals surface area contributed by atoms with Gasteiger partial charge < -0.3 is 10.2 Å². The van der Waals surface area contributed by atoms with E-state index in [2.05, 4.69) is 37.9 Å². The third kappa shape index (κ3) is 2.68. The van der Waals surface area contributed by atoms with Crippen LogP contribution in [0, 0.1) is 10.8 Å². The van der Waals surface area contributed by atoms with Crippen molar-refractivity contribution in [1.29, 1.82) is 0 Å². The van der Waals surface area contributed by atoms with Gasteiger partial charge in [0.2, 0.25) is 0 Å². The maximum Gasteiger partial charge on any atom is 0.0246 e. The van der Waals surface area contributed by atoms with Gasteiger partial charge >= 0.3 is 0 Å². The first-order valence-corrected chi connectivity index (χ1v) is 7.47. The molecule has 2 nitrogen and oxygen atoms in total. The average Bonchev–Trinajstić information content (AvgIpc) is 2.25. The third-order valence-electron chi connectivity index (χ3n) is 5.39. The van der Waals surface area contributed by atoms with Crippen LogP contribution in [0.25, 0.3) is 0 Å². The summed E-state index contributed by atoms with van der Waals surface area (Å²) < 4.78 is 0. The highest BCUT2D eigenvalue weighted by atomic mass is 15.2. The fourth-order valence-corrected chi connectivity index (χ4v) is 3.57. The van der Waals surface area contributed by atoms with Gasteiger partial charge in [-0.3, -0.25) is 0 Å². The van der Waals surface area contributed by atoms with Crippen molar-refractivity contribution in [2.75, 3.05) is 26.2 Å². The van der Waals surface area contributed by atoms with Crippen LogP contribution in [-0.2, 0) is 0 Å². The Labute approximate surface area is 107 Å². The zero-order valence-electron chi connectivity index (χ0n) is 12.2. The Balaban J connectivity index is 1.83. The number of hydrogen-bond donors (Lipinski definition) is 1. The van der Waals surface area contributed by atoms with Gasteiger partial charge in [-0.15, -0.1) is 0 Å². The third-order valence-corrected chi connectivity index (χ3v) is 5.39. The van der Waals surface area contributed by atoms with Crippen molar-refractivity contribution < 1.29 is 0 Å². The van der Waals surface area contributed by atoms with Gasteiger partial charge in [0.05, 0.1) is 0 Å². The summed E-state index contributed by atoms with van der Waals surface area (Å²) in [5.74, 6) is 0. The lowest BCUT2D eigenvalue weighted by atomic mass is 9.73. The SMILES string of the molecule is CCC1(CC)CN(CC2NCCCC2(C)C)C1. The molecule has 1 atom stereocenters. The van der Waals surface area contributed by atoms with E-state index in [1.54, 1.807) is 0 Å². The molecule has 0 aliphatic carbocycles. The fourth-order valence-electron chi connectivity index (χ4n) is 3.57. The van der Waals surface area contributed by atoms with E-state index < -0.39 is 0 Å². The summed E-state index contributed by atoms with van der Waals surface area (Å²) in [5, 5.41) is 3.73. The normalized spacial score (nSPS) is 32.1. The molecule has 0 bridgehead atoms. The molecule has 2 saturated heterocycles. The molecule has 1 N–H and O–H groups in total. The van der Waals surface area contributed by atoms with Crippen LogP contribution in [0.2, 0.25) is 0 Å². The van der Waals surface area contributed by atoms with E-state index in [4.69, 9.17) is 0 Å². The van der Waals surface area contributed by atoms with Gasteiger partial charge in [-0.05, 0) is 43.1 Å². The Bertz CT molecular complexity index is 248. The van der Waals surface area contributed by atoms with Crippen molar-refractivity contribution in [2.24, 2.45) is 10.8 Å². The molecule has 2 aliphatic rings. The number of hydrogen-bond acceptors (Lipinski definition) is 2. The minimum atomic E-state index is 0.481. The first-order chi connectivity index (χ1) is 8.01. The molecule has 0 spiro atoms. The van der Waals surface area contributed by atoms with Crippen molar-refractivity contribution >= 4 is 0 Å². The van der Waals surface area contributed by atoms with Crippen LogP contribution in [0.4, 0.5) is 0 Å². The molecule has 0 aromatic carbocycles. The highest BCUT2D eigenvalue weighted by Crippen LogP contribution is 2.39. The summed E-state index contributed by atoms with van der Waals surface area (Å²) >= 11 is 0. The molecule has 0 aromatic heterocycles. The van der Waals surface area contributed by atoms with Crippen molar-refractivity contribution in [2.45, 2.75) is 59.4 Å². The molecule has 2 heteroatoms. The first-order valence-electron chi connectivity index (χ1n) is 7.47. The molecule has 0 amide bonds. The Hall–Kier alpha value is -0.0800. The monoisotopic (exact) mass is 238 g/mol. The summed E-state index contributed by atoms with van der Waals surface area (Å²) in [6.07, 6.45) is 5.42. The Morgan fingerprint density at radius 2 is 1.82 bits per heavy atom. The molecule has 2 aliphatic heterocycles. The molecule has 100 valence electrons. The van der Waals surface area contributed by atoms with Crippen molar-refractivity contribution in [3.05, 3.63) is 0 Å². The summed E-state index contributed by atoms with van der Waals surface area (Å²) in [7, 11) is 0. The van der Waals surface area contributed by atoms with Gasteiger partial charge in [0.25, 0.3) is 0 Å². The first kappa shape index (κ1) is 13.4. The predicted molar refractivity (Wildman–Crippen MR) is 74.3 cm³/mol. The number of nitrogens with zero attached hydrogens (tertiary/aromatic N) is 1.